The molecule has 0 atom stereocenters. The first-order valence-corrected chi connectivity index (χ1v) is 23.1. The van der Waals surface area contributed by atoms with Gasteiger partial charge in [-0.15, -0.1) is 0 Å². The summed E-state index contributed by atoms with van der Waals surface area (Å²) in [5.74, 6) is -2.66. The molecule has 0 heterocycles. The monoisotopic (exact) mass is 789 g/mol. The predicted octanol–water partition coefficient (Wildman–Crippen LogP) is 14.2. The normalized spacial score (nSPS) is 10.3. The van der Waals surface area contributed by atoms with Gasteiger partial charge >= 0.3 is 23.9 Å². The van der Waals surface area contributed by atoms with Crippen LogP contribution in [0, 0.1) is 0 Å². The molecule has 0 aliphatic carbocycles. The molecule has 0 aliphatic heterocycles. The maximum absolute atomic E-state index is 10.3. The third kappa shape index (κ3) is 77.2. The highest BCUT2D eigenvalue weighted by atomic mass is 16.4. The van der Waals surface area contributed by atoms with Crippen LogP contribution in [-0.2, 0) is 19.2 Å². The van der Waals surface area contributed by atoms with E-state index in [1.54, 1.807) is 0 Å². The van der Waals surface area contributed by atoms with E-state index in [2.05, 4.69) is 20.8 Å². The Morgan fingerprint density at radius 3 is 0.545 bits per heavy atom. The summed E-state index contributed by atoms with van der Waals surface area (Å²) >= 11 is 0. The van der Waals surface area contributed by atoms with Crippen molar-refractivity contribution >= 4 is 23.9 Å². The van der Waals surface area contributed by atoms with Crippen molar-refractivity contribution in [3.63, 3.8) is 0 Å². The lowest BCUT2D eigenvalue weighted by atomic mass is 10.0. The number of aliphatic carboxylic acids is 4. The SMILES string of the molecule is CCCCCCCCCC(=O)O.CCCCCCCCCC(=O)O.CCCCCCCCCC(=O)O.O=C(O)CCCCCCCCCCCCCCCO. The highest BCUT2D eigenvalue weighted by molar-refractivity contribution is 5.67. The summed E-state index contributed by atoms with van der Waals surface area (Å²) < 4.78 is 0. The maximum Gasteiger partial charge on any atom is 0.303 e. The first-order chi connectivity index (χ1) is 26.6. The van der Waals surface area contributed by atoms with Crippen LogP contribution in [0.25, 0.3) is 0 Å². The quantitative estimate of drug-likeness (QED) is 0.0380. The summed E-state index contributed by atoms with van der Waals surface area (Å²) in [7, 11) is 0. The molecule has 5 N–H and O–H groups in total. The van der Waals surface area contributed by atoms with E-state index in [1.165, 1.54) is 161 Å². The van der Waals surface area contributed by atoms with Crippen molar-refractivity contribution in [3.05, 3.63) is 0 Å². The van der Waals surface area contributed by atoms with Crippen molar-refractivity contribution in [1.82, 2.24) is 0 Å². The molecule has 55 heavy (non-hydrogen) atoms. The molecule has 0 spiro atoms. The topological polar surface area (TPSA) is 169 Å². The molecule has 0 unspecified atom stereocenters. The highest BCUT2D eigenvalue weighted by Crippen LogP contribution is 2.13. The van der Waals surface area contributed by atoms with Gasteiger partial charge < -0.3 is 25.5 Å². The first-order valence-electron chi connectivity index (χ1n) is 23.1. The Morgan fingerprint density at radius 2 is 0.400 bits per heavy atom. The van der Waals surface area contributed by atoms with Crippen LogP contribution in [-0.4, -0.2) is 56.0 Å². The molecule has 9 nitrogen and oxygen atoms in total. The largest absolute Gasteiger partial charge is 0.481 e. The molecule has 0 aromatic rings. The Hall–Kier alpha value is -2.16. The van der Waals surface area contributed by atoms with E-state index < -0.39 is 23.9 Å². The lowest BCUT2D eigenvalue weighted by Gasteiger charge is -2.02. The van der Waals surface area contributed by atoms with E-state index in [-0.39, 0.29) is 0 Å². The van der Waals surface area contributed by atoms with E-state index in [0.717, 1.165) is 57.8 Å². The number of carbonyl (C=O) groups is 4. The van der Waals surface area contributed by atoms with E-state index in [0.29, 0.717) is 32.3 Å². The standard InChI is InChI=1S/C16H32O3.3C10H20O2/c17-15-13-11-9-7-5-3-1-2-4-6-8-10-12-14-16(18)19;3*1-2-3-4-5-6-7-8-9-10(11)12/h17H,1-15H2,(H,18,19);3*2-9H2,1H3,(H,11,12). The molecule has 0 fully saturated rings. The number of hydrogen-bond donors (Lipinski definition) is 5. The molecule has 0 rings (SSSR count). The number of unbranched alkanes of at least 4 members (excludes halogenated alkanes) is 30. The summed E-state index contributed by atoms with van der Waals surface area (Å²) in [6.45, 7) is 6.94. The molecule has 330 valence electrons. The van der Waals surface area contributed by atoms with Crippen LogP contribution in [0.4, 0.5) is 0 Å². The molecule has 0 aromatic carbocycles. The van der Waals surface area contributed by atoms with Gasteiger partial charge in [0.05, 0.1) is 0 Å². The average Bonchev–Trinajstić information content (AvgIpc) is 3.14. The Kier molecular flexibility index (Phi) is 60.8. The summed E-state index contributed by atoms with van der Waals surface area (Å²) in [6.07, 6.45) is 42.0. The Balaban J connectivity index is -0.000000323. The van der Waals surface area contributed by atoms with E-state index in [9.17, 15) is 19.2 Å². The summed E-state index contributed by atoms with van der Waals surface area (Å²) in [6, 6.07) is 0. The van der Waals surface area contributed by atoms with E-state index in [1.807, 2.05) is 0 Å². The predicted molar refractivity (Wildman–Crippen MR) is 230 cm³/mol. The summed E-state index contributed by atoms with van der Waals surface area (Å²) in [5.41, 5.74) is 0. The zero-order valence-electron chi connectivity index (χ0n) is 36.4. The van der Waals surface area contributed by atoms with Crippen molar-refractivity contribution in [2.24, 2.45) is 0 Å². The van der Waals surface area contributed by atoms with Gasteiger partial charge in [0.2, 0.25) is 0 Å². The van der Waals surface area contributed by atoms with Crippen LogP contribution in [0.1, 0.15) is 265 Å². The van der Waals surface area contributed by atoms with Gasteiger partial charge in [0, 0.05) is 32.3 Å². The van der Waals surface area contributed by atoms with E-state index >= 15 is 0 Å². The van der Waals surface area contributed by atoms with Crippen LogP contribution in [0.2, 0.25) is 0 Å². The Morgan fingerprint density at radius 1 is 0.255 bits per heavy atom. The number of hydrogen-bond acceptors (Lipinski definition) is 5. The van der Waals surface area contributed by atoms with Gasteiger partial charge in [-0.1, -0.05) is 207 Å². The number of aliphatic hydroxyl groups excluding tert-OH is 1. The van der Waals surface area contributed by atoms with Gasteiger partial charge in [0.15, 0.2) is 0 Å². The number of rotatable bonds is 39. The maximum atomic E-state index is 10.3. The van der Waals surface area contributed by atoms with Crippen LogP contribution >= 0.6 is 0 Å². The second kappa shape index (κ2) is 56.2. The van der Waals surface area contributed by atoms with Crippen molar-refractivity contribution in [1.29, 1.82) is 0 Å². The second-order valence-electron chi connectivity index (χ2n) is 15.3. The first kappa shape index (κ1) is 59.5. The molecule has 0 aliphatic rings. The average molecular weight is 789 g/mol. The zero-order chi connectivity index (χ0) is 41.9. The smallest absolute Gasteiger partial charge is 0.303 e. The van der Waals surface area contributed by atoms with Gasteiger partial charge in [-0.2, -0.15) is 0 Å². The van der Waals surface area contributed by atoms with Gasteiger partial charge in [0.25, 0.3) is 0 Å². The molecule has 0 bridgehead atoms. The van der Waals surface area contributed by atoms with Crippen molar-refractivity contribution in [2.45, 2.75) is 265 Å². The van der Waals surface area contributed by atoms with Crippen molar-refractivity contribution in [2.75, 3.05) is 6.61 Å². The second-order valence-corrected chi connectivity index (χ2v) is 15.3. The van der Waals surface area contributed by atoms with Gasteiger partial charge in [0.1, 0.15) is 0 Å². The number of aliphatic hydroxyl groups is 1. The summed E-state index contributed by atoms with van der Waals surface area (Å²) in [4.78, 5) is 40.7. The summed E-state index contributed by atoms with van der Waals surface area (Å²) in [5, 5.41) is 42.2. The van der Waals surface area contributed by atoms with Crippen molar-refractivity contribution in [3.8, 4) is 0 Å². The van der Waals surface area contributed by atoms with Gasteiger partial charge in [-0.05, 0) is 32.1 Å². The lowest BCUT2D eigenvalue weighted by Crippen LogP contribution is -1.93. The number of carboxylic acid groups (broad SMARTS) is 4. The Labute approximate surface area is 339 Å². The molecule has 0 aromatic heterocycles. The van der Waals surface area contributed by atoms with Crippen LogP contribution in [0.3, 0.4) is 0 Å². The van der Waals surface area contributed by atoms with Gasteiger partial charge in [-0.3, -0.25) is 19.2 Å². The van der Waals surface area contributed by atoms with Crippen molar-refractivity contribution < 1.29 is 44.7 Å². The van der Waals surface area contributed by atoms with Crippen LogP contribution < -0.4 is 0 Å². The van der Waals surface area contributed by atoms with Crippen LogP contribution in [0.15, 0.2) is 0 Å². The fourth-order valence-electron chi connectivity index (χ4n) is 6.03. The molecule has 0 saturated heterocycles. The van der Waals surface area contributed by atoms with Gasteiger partial charge in [-0.25, -0.2) is 0 Å². The molecule has 0 radical (unpaired) electrons. The molecular formula is C46H92O9. The third-order valence-electron chi connectivity index (χ3n) is 9.53. The lowest BCUT2D eigenvalue weighted by molar-refractivity contribution is -0.138. The highest BCUT2D eigenvalue weighted by Gasteiger charge is 1.99. The molecule has 9 heteroatoms. The number of carboxylic acids is 4. The fourth-order valence-corrected chi connectivity index (χ4v) is 6.03. The third-order valence-corrected chi connectivity index (χ3v) is 9.53. The van der Waals surface area contributed by atoms with Crippen LogP contribution in [0.5, 0.6) is 0 Å². The minimum absolute atomic E-state index is 0.330. The minimum atomic E-state index is -0.668. The Bertz CT molecular complexity index is 706. The minimum Gasteiger partial charge on any atom is -0.481 e. The van der Waals surface area contributed by atoms with E-state index in [4.69, 9.17) is 25.5 Å². The fraction of sp³-hybridized carbons (Fsp3) is 0.913. The molecule has 0 amide bonds. The zero-order valence-corrected chi connectivity index (χ0v) is 36.4. The molecular weight excluding hydrogens is 696 g/mol. The molecule has 0 saturated carbocycles.